The molecule has 0 bridgehead atoms. The molecule has 1 N–H and O–H groups in total. The van der Waals surface area contributed by atoms with Crippen molar-refractivity contribution in [3.8, 4) is 5.69 Å². The minimum Gasteiger partial charge on any atom is -0.324 e. The third kappa shape index (κ3) is 5.47. The van der Waals surface area contributed by atoms with Gasteiger partial charge in [0.25, 0.3) is 0 Å². The molecule has 0 radical (unpaired) electrons. The van der Waals surface area contributed by atoms with Crippen LogP contribution in [0, 0.1) is 0 Å². The van der Waals surface area contributed by atoms with Crippen LogP contribution in [0.3, 0.4) is 0 Å². The van der Waals surface area contributed by atoms with Crippen molar-refractivity contribution in [2.24, 2.45) is 0 Å². The molecule has 3 rings (SSSR count). The van der Waals surface area contributed by atoms with Gasteiger partial charge in [-0.2, -0.15) is 0 Å². The van der Waals surface area contributed by atoms with Crippen molar-refractivity contribution >= 4 is 58.2 Å². The maximum absolute atomic E-state index is 12.5. The van der Waals surface area contributed by atoms with Gasteiger partial charge < -0.3 is 5.32 Å². The molecule has 2 aromatic carbocycles. The normalized spacial score (nSPS) is 12.2. The van der Waals surface area contributed by atoms with Crippen LogP contribution in [0.15, 0.2) is 47.6 Å². The van der Waals surface area contributed by atoms with Crippen molar-refractivity contribution in [3.05, 3.63) is 63.4 Å². The fourth-order valence-corrected chi connectivity index (χ4v) is 3.84. The Balaban J connectivity index is 1.82. The van der Waals surface area contributed by atoms with Crippen molar-refractivity contribution in [2.75, 3.05) is 25.2 Å². The molecular formula is C20H20Cl3N5OS. The van der Waals surface area contributed by atoms with Gasteiger partial charge in [-0.05, 0) is 63.5 Å². The number of halogens is 3. The van der Waals surface area contributed by atoms with Gasteiger partial charge in [0.1, 0.15) is 0 Å². The maximum atomic E-state index is 12.5. The molecule has 0 saturated carbocycles. The van der Waals surface area contributed by atoms with E-state index in [1.54, 1.807) is 18.2 Å². The molecule has 0 aliphatic rings. The maximum Gasteiger partial charge on any atom is 0.234 e. The third-order valence-electron chi connectivity index (χ3n) is 4.43. The fourth-order valence-electron chi connectivity index (χ4n) is 2.62. The first kappa shape index (κ1) is 22.9. The van der Waals surface area contributed by atoms with E-state index in [1.165, 1.54) is 11.8 Å². The number of carbonyl (C=O) groups is 1. The fraction of sp³-hybridized carbons (Fsp3) is 0.250. The number of aromatic nitrogens is 3. The molecule has 1 aromatic heterocycles. The Morgan fingerprint density at radius 2 is 1.77 bits per heavy atom. The van der Waals surface area contributed by atoms with Gasteiger partial charge in [-0.3, -0.25) is 14.3 Å². The highest BCUT2D eigenvalue weighted by Gasteiger charge is 2.21. The van der Waals surface area contributed by atoms with Crippen molar-refractivity contribution in [3.63, 3.8) is 0 Å². The van der Waals surface area contributed by atoms with Crippen molar-refractivity contribution in [1.82, 2.24) is 19.7 Å². The summed E-state index contributed by atoms with van der Waals surface area (Å²) < 4.78 is 1.94. The zero-order chi connectivity index (χ0) is 21.8. The molecule has 10 heteroatoms. The summed E-state index contributed by atoms with van der Waals surface area (Å²) in [5.74, 6) is 0.672. The Morgan fingerprint density at radius 1 is 1.10 bits per heavy atom. The first-order chi connectivity index (χ1) is 14.3. The quantitative estimate of drug-likeness (QED) is 0.443. The van der Waals surface area contributed by atoms with E-state index in [-0.39, 0.29) is 17.7 Å². The molecule has 0 aliphatic carbocycles. The average molecular weight is 485 g/mol. The van der Waals surface area contributed by atoms with Gasteiger partial charge in [0.2, 0.25) is 5.91 Å². The van der Waals surface area contributed by atoms with Crippen molar-refractivity contribution < 1.29 is 4.79 Å². The molecule has 0 spiro atoms. The summed E-state index contributed by atoms with van der Waals surface area (Å²) in [5.41, 5.74) is 1.34. The molecule has 1 amide bonds. The second-order valence-corrected chi connectivity index (χ2v) is 8.98. The summed E-state index contributed by atoms with van der Waals surface area (Å²) in [6.45, 7) is 2.04. The van der Waals surface area contributed by atoms with Crippen molar-refractivity contribution in [1.29, 1.82) is 0 Å². The molecular weight excluding hydrogens is 465 g/mol. The van der Waals surface area contributed by atoms with Crippen LogP contribution in [-0.2, 0) is 4.79 Å². The van der Waals surface area contributed by atoms with Crippen LogP contribution in [0.25, 0.3) is 5.69 Å². The van der Waals surface area contributed by atoms with E-state index in [0.29, 0.717) is 25.9 Å². The number of nitrogens with zero attached hydrogens (tertiary/aromatic N) is 4. The van der Waals surface area contributed by atoms with Crippen LogP contribution in [0.5, 0.6) is 0 Å². The number of rotatable bonds is 7. The summed E-state index contributed by atoms with van der Waals surface area (Å²) in [7, 11) is 3.95. The highest BCUT2D eigenvalue weighted by atomic mass is 35.5. The molecule has 0 aliphatic heterocycles. The van der Waals surface area contributed by atoms with E-state index in [2.05, 4.69) is 15.5 Å². The van der Waals surface area contributed by atoms with Crippen LogP contribution >= 0.6 is 46.6 Å². The topological polar surface area (TPSA) is 63.1 Å². The van der Waals surface area contributed by atoms with E-state index in [9.17, 15) is 4.79 Å². The Morgan fingerprint density at radius 3 is 2.43 bits per heavy atom. The Kier molecular flexibility index (Phi) is 7.65. The van der Waals surface area contributed by atoms with Gasteiger partial charge in [-0.15, -0.1) is 10.2 Å². The third-order valence-corrected chi connectivity index (χ3v) is 6.17. The van der Waals surface area contributed by atoms with E-state index >= 15 is 0 Å². The molecule has 3 aromatic rings. The zero-order valence-corrected chi connectivity index (χ0v) is 19.6. The number of nitrogens with one attached hydrogen (secondary N) is 1. The molecule has 0 fully saturated rings. The lowest BCUT2D eigenvalue weighted by molar-refractivity contribution is -0.113. The van der Waals surface area contributed by atoms with Crippen LogP contribution in [0.4, 0.5) is 5.69 Å². The summed E-state index contributed by atoms with van der Waals surface area (Å²) in [5, 5.41) is 13.6. The minimum atomic E-state index is -0.225. The number of hydrogen-bond acceptors (Lipinski definition) is 5. The van der Waals surface area contributed by atoms with Gasteiger partial charge in [-0.1, -0.05) is 46.6 Å². The average Bonchev–Trinajstić information content (AvgIpc) is 3.13. The van der Waals surface area contributed by atoms with Gasteiger partial charge in [0, 0.05) is 15.7 Å². The minimum absolute atomic E-state index is 0.0154. The number of amides is 1. The highest BCUT2D eigenvalue weighted by Crippen LogP contribution is 2.29. The van der Waals surface area contributed by atoms with Gasteiger partial charge >= 0.3 is 0 Å². The predicted octanol–water partition coefficient (Wildman–Crippen LogP) is 5.58. The predicted molar refractivity (Wildman–Crippen MR) is 124 cm³/mol. The molecule has 1 heterocycles. The monoisotopic (exact) mass is 483 g/mol. The summed E-state index contributed by atoms with van der Waals surface area (Å²) in [6, 6.07) is 12.3. The number of benzene rings is 2. The van der Waals surface area contributed by atoms with Crippen LogP contribution in [0.1, 0.15) is 18.8 Å². The molecule has 1 unspecified atom stereocenters. The molecule has 30 heavy (non-hydrogen) atoms. The van der Waals surface area contributed by atoms with E-state index in [0.717, 1.165) is 11.5 Å². The van der Waals surface area contributed by atoms with Crippen LogP contribution < -0.4 is 5.32 Å². The summed E-state index contributed by atoms with van der Waals surface area (Å²) in [4.78, 5) is 14.5. The summed E-state index contributed by atoms with van der Waals surface area (Å²) in [6.07, 6.45) is 0. The highest BCUT2D eigenvalue weighted by molar-refractivity contribution is 7.99. The summed E-state index contributed by atoms with van der Waals surface area (Å²) >= 11 is 19.4. The Labute approximate surface area is 194 Å². The molecule has 6 nitrogen and oxygen atoms in total. The number of thioether (sulfide) groups is 1. The van der Waals surface area contributed by atoms with Gasteiger partial charge in [0.15, 0.2) is 11.0 Å². The lowest BCUT2D eigenvalue weighted by Crippen LogP contribution is -2.21. The SMILES string of the molecule is CC(c1nnc(SCC(=O)Nc2cc(Cl)ccc2Cl)n1-c1ccc(Cl)cc1)N(C)C. The lowest BCUT2D eigenvalue weighted by atomic mass is 10.2. The number of anilines is 1. The van der Waals surface area contributed by atoms with E-state index in [1.807, 2.05) is 54.8 Å². The largest absolute Gasteiger partial charge is 0.324 e. The second kappa shape index (κ2) is 10.0. The molecule has 158 valence electrons. The molecule has 1 atom stereocenters. The Hall–Kier alpha value is -1.77. The number of carbonyl (C=O) groups excluding carboxylic acids is 1. The first-order valence-electron chi connectivity index (χ1n) is 9.01. The lowest BCUT2D eigenvalue weighted by Gasteiger charge is -2.20. The zero-order valence-electron chi connectivity index (χ0n) is 16.6. The molecule has 0 saturated heterocycles. The smallest absolute Gasteiger partial charge is 0.234 e. The van der Waals surface area contributed by atoms with Crippen LogP contribution in [-0.4, -0.2) is 45.4 Å². The van der Waals surface area contributed by atoms with Crippen molar-refractivity contribution in [2.45, 2.75) is 18.1 Å². The van der Waals surface area contributed by atoms with Crippen LogP contribution in [0.2, 0.25) is 15.1 Å². The van der Waals surface area contributed by atoms with Gasteiger partial charge in [0.05, 0.1) is 22.5 Å². The van der Waals surface area contributed by atoms with E-state index < -0.39 is 0 Å². The van der Waals surface area contributed by atoms with E-state index in [4.69, 9.17) is 34.8 Å². The number of hydrogen-bond donors (Lipinski definition) is 1. The standard InChI is InChI=1S/C20H20Cl3N5OS/c1-12(27(2)3)19-25-26-20(28(19)15-7-4-13(21)5-8-15)30-11-18(29)24-17-10-14(22)6-9-16(17)23/h4-10,12H,11H2,1-3H3,(H,24,29). The Bertz CT molecular complexity index is 1040. The first-order valence-corrected chi connectivity index (χ1v) is 11.1. The second-order valence-electron chi connectivity index (χ2n) is 6.75. The van der Waals surface area contributed by atoms with Gasteiger partial charge in [-0.25, -0.2) is 0 Å².